The number of hydrogen-bond acceptors (Lipinski definition) is 6. The molecule has 49 heavy (non-hydrogen) atoms. The number of furan rings is 1. The lowest BCUT2D eigenvalue weighted by Crippen LogP contribution is -2.05. The van der Waals surface area contributed by atoms with Crippen LogP contribution in [0, 0.1) is 5.92 Å². The van der Waals surface area contributed by atoms with E-state index in [4.69, 9.17) is 24.4 Å². The van der Waals surface area contributed by atoms with E-state index < -0.39 is 0 Å². The van der Waals surface area contributed by atoms with E-state index in [1.807, 2.05) is 85.1 Å². The summed E-state index contributed by atoms with van der Waals surface area (Å²) in [5.41, 5.74) is 8.52. The Labute approximate surface area is 282 Å². The van der Waals surface area contributed by atoms with Crippen molar-refractivity contribution in [1.82, 2.24) is 24.5 Å². The molecule has 4 aromatic carbocycles. The Bertz CT molecular complexity index is 2640. The minimum absolute atomic E-state index is 0.102. The average Bonchev–Trinajstić information content (AvgIpc) is 3.67. The SMILES string of the molecule is CC(C)Cc1cc(-c2nc(-c3cc(-c4ccccc4)ccc3O)c3oc4ccccc4c3n2)nc(-n2c3ccccc3c3cccnc32)c1. The number of hydrogen-bond donors (Lipinski definition) is 1. The summed E-state index contributed by atoms with van der Waals surface area (Å²) in [5, 5.41) is 14.4. The Morgan fingerprint density at radius 3 is 2.35 bits per heavy atom. The standard InChI is InChI=1S/C42H31N5O2/c1-25(2)21-26-22-33(44-37(23-26)47-34-16-8-6-13-29(34)30-15-10-20-43-42(30)47)41-45-38-31-14-7-9-17-36(31)49-40(38)39(46-41)32-24-28(18-19-35(32)48)27-11-4-3-5-12-27/h3-20,22-25,48H,21H2,1-2H3. The van der Waals surface area contributed by atoms with Gasteiger partial charge in [0.15, 0.2) is 11.4 Å². The molecule has 0 unspecified atom stereocenters. The third kappa shape index (κ3) is 4.90. The zero-order valence-corrected chi connectivity index (χ0v) is 27.0. The summed E-state index contributed by atoms with van der Waals surface area (Å²) >= 11 is 0. The molecule has 9 rings (SSSR count). The smallest absolute Gasteiger partial charge is 0.180 e. The highest BCUT2D eigenvalue weighted by Crippen LogP contribution is 2.40. The van der Waals surface area contributed by atoms with Crippen molar-refractivity contribution >= 4 is 44.0 Å². The minimum atomic E-state index is 0.102. The summed E-state index contributed by atoms with van der Waals surface area (Å²) in [5.74, 6) is 1.70. The monoisotopic (exact) mass is 637 g/mol. The second kappa shape index (κ2) is 11.4. The quantitative estimate of drug-likeness (QED) is 0.195. The van der Waals surface area contributed by atoms with Crippen LogP contribution in [0.3, 0.4) is 0 Å². The van der Waals surface area contributed by atoms with Crippen LogP contribution >= 0.6 is 0 Å². The van der Waals surface area contributed by atoms with Crippen molar-refractivity contribution in [2.45, 2.75) is 20.3 Å². The lowest BCUT2D eigenvalue weighted by atomic mass is 10.00. The highest BCUT2D eigenvalue weighted by Gasteiger charge is 2.23. The van der Waals surface area contributed by atoms with Crippen molar-refractivity contribution in [2.75, 3.05) is 0 Å². The molecule has 0 radical (unpaired) electrons. The molecule has 236 valence electrons. The van der Waals surface area contributed by atoms with Gasteiger partial charge in [-0.2, -0.15) is 0 Å². The number of phenolic OH excluding ortho intramolecular Hbond substituents is 1. The highest BCUT2D eigenvalue weighted by atomic mass is 16.3. The average molecular weight is 638 g/mol. The molecule has 1 N–H and O–H groups in total. The lowest BCUT2D eigenvalue weighted by Gasteiger charge is -2.14. The number of benzene rings is 4. The van der Waals surface area contributed by atoms with Crippen molar-refractivity contribution < 1.29 is 9.52 Å². The third-order valence-electron chi connectivity index (χ3n) is 8.99. The van der Waals surface area contributed by atoms with Crippen molar-refractivity contribution in [2.24, 2.45) is 5.92 Å². The molecule has 7 nitrogen and oxygen atoms in total. The largest absolute Gasteiger partial charge is 0.507 e. The summed E-state index contributed by atoms with van der Waals surface area (Å²) in [4.78, 5) is 20.3. The Morgan fingerprint density at radius 1 is 0.714 bits per heavy atom. The molecule has 0 amide bonds. The molecule has 0 saturated carbocycles. The van der Waals surface area contributed by atoms with Crippen LogP contribution in [0.1, 0.15) is 19.4 Å². The van der Waals surface area contributed by atoms with Crippen molar-refractivity contribution in [1.29, 1.82) is 0 Å². The van der Waals surface area contributed by atoms with Crippen LogP contribution in [0.4, 0.5) is 0 Å². The minimum Gasteiger partial charge on any atom is -0.507 e. The summed E-state index contributed by atoms with van der Waals surface area (Å²) < 4.78 is 8.54. The summed E-state index contributed by atoms with van der Waals surface area (Å²) in [6.07, 6.45) is 2.66. The summed E-state index contributed by atoms with van der Waals surface area (Å²) in [7, 11) is 0. The van der Waals surface area contributed by atoms with Crippen LogP contribution < -0.4 is 0 Å². The van der Waals surface area contributed by atoms with E-state index in [-0.39, 0.29) is 5.75 Å². The molecule has 0 bridgehead atoms. The van der Waals surface area contributed by atoms with Gasteiger partial charge in [0.25, 0.3) is 0 Å². The van der Waals surface area contributed by atoms with Gasteiger partial charge in [-0.3, -0.25) is 4.57 Å². The molecule has 5 heterocycles. The van der Waals surface area contributed by atoms with E-state index >= 15 is 0 Å². The van der Waals surface area contributed by atoms with E-state index in [9.17, 15) is 5.11 Å². The maximum atomic E-state index is 11.3. The fourth-order valence-corrected chi connectivity index (χ4v) is 6.84. The first kappa shape index (κ1) is 28.8. The van der Waals surface area contributed by atoms with Crippen LogP contribution in [0.5, 0.6) is 5.75 Å². The maximum absolute atomic E-state index is 11.3. The topological polar surface area (TPSA) is 89.9 Å². The summed E-state index contributed by atoms with van der Waals surface area (Å²) in [6.45, 7) is 4.42. The zero-order chi connectivity index (χ0) is 33.1. The van der Waals surface area contributed by atoms with Gasteiger partial charge in [-0.05, 0) is 83.6 Å². The predicted molar refractivity (Wildman–Crippen MR) is 196 cm³/mol. The number of aromatic hydroxyl groups is 1. The van der Waals surface area contributed by atoms with E-state index in [2.05, 4.69) is 54.8 Å². The van der Waals surface area contributed by atoms with Crippen LogP contribution in [-0.2, 0) is 6.42 Å². The number of rotatable bonds is 6. The zero-order valence-electron chi connectivity index (χ0n) is 27.0. The second-order valence-corrected chi connectivity index (χ2v) is 12.8. The first-order valence-electron chi connectivity index (χ1n) is 16.5. The van der Waals surface area contributed by atoms with Gasteiger partial charge >= 0.3 is 0 Å². The van der Waals surface area contributed by atoms with Gasteiger partial charge in [-0.25, -0.2) is 19.9 Å². The molecule has 0 aliphatic carbocycles. The molecule has 0 spiro atoms. The molecule has 0 atom stereocenters. The third-order valence-corrected chi connectivity index (χ3v) is 8.99. The maximum Gasteiger partial charge on any atom is 0.180 e. The van der Waals surface area contributed by atoms with Gasteiger partial charge < -0.3 is 9.52 Å². The molecular formula is C42H31N5O2. The van der Waals surface area contributed by atoms with Gasteiger partial charge in [-0.15, -0.1) is 0 Å². The van der Waals surface area contributed by atoms with Crippen molar-refractivity contribution in [3.05, 3.63) is 133 Å². The van der Waals surface area contributed by atoms with Crippen LogP contribution in [0.15, 0.2) is 132 Å². The van der Waals surface area contributed by atoms with E-state index in [0.717, 1.165) is 56.3 Å². The van der Waals surface area contributed by atoms with Gasteiger partial charge in [-0.1, -0.05) is 80.6 Å². The lowest BCUT2D eigenvalue weighted by molar-refractivity contribution is 0.477. The normalized spacial score (nSPS) is 11.8. The van der Waals surface area contributed by atoms with Gasteiger partial charge in [0.05, 0.1) is 5.52 Å². The molecule has 0 saturated heterocycles. The Morgan fingerprint density at radius 2 is 1.49 bits per heavy atom. The van der Waals surface area contributed by atoms with Crippen LogP contribution in [0.2, 0.25) is 0 Å². The molecule has 0 aliphatic heterocycles. The first-order valence-corrected chi connectivity index (χ1v) is 16.5. The molecule has 9 aromatic rings. The molecule has 0 fully saturated rings. The number of fused-ring (bicyclic) bond motifs is 6. The number of nitrogens with zero attached hydrogens (tertiary/aromatic N) is 5. The fraction of sp³-hybridized carbons (Fsp3) is 0.0952. The summed E-state index contributed by atoms with van der Waals surface area (Å²) in [6, 6.07) is 40.1. The van der Waals surface area contributed by atoms with Gasteiger partial charge in [0.2, 0.25) is 0 Å². The number of pyridine rings is 2. The van der Waals surface area contributed by atoms with Crippen LogP contribution in [-0.4, -0.2) is 29.6 Å². The number of aromatic nitrogens is 5. The second-order valence-electron chi connectivity index (χ2n) is 12.8. The molecular weight excluding hydrogens is 606 g/mol. The van der Waals surface area contributed by atoms with Crippen molar-refractivity contribution in [3.63, 3.8) is 0 Å². The van der Waals surface area contributed by atoms with E-state index in [0.29, 0.717) is 45.4 Å². The first-order chi connectivity index (χ1) is 24.0. The number of para-hydroxylation sites is 2. The molecule has 5 aromatic heterocycles. The number of phenols is 1. The Balaban J connectivity index is 1.33. The van der Waals surface area contributed by atoms with Crippen LogP contribution in [0.25, 0.3) is 83.7 Å². The Hall–Kier alpha value is -6.34. The predicted octanol–water partition coefficient (Wildman–Crippen LogP) is 10.2. The molecule has 0 aliphatic rings. The highest BCUT2D eigenvalue weighted by molar-refractivity contribution is 6.08. The Kier molecular flexibility index (Phi) is 6.72. The van der Waals surface area contributed by atoms with E-state index in [1.54, 1.807) is 6.07 Å². The van der Waals surface area contributed by atoms with Crippen molar-refractivity contribution in [3.8, 4) is 45.5 Å². The van der Waals surface area contributed by atoms with Gasteiger partial charge in [0, 0.05) is 27.9 Å². The van der Waals surface area contributed by atoms with Gasteiger partial charge in [0.1, 0.15) is 39.7 Å². The van der Waals surface area contributed by atoms with E-state index in [1.165, 1.54) is 0 Å². The molecule has 7 heteroatoms. The fourth-order valence-electron chi connectivity index (χ4n) is 6.84.